The van der Waals surface area contributed by atoms with Crippen LogP contribution in [-0.4, -0.2) is 19.2 Å². The van der Waals surface area contributed by atoms with Crippen LogP contribution in [0.5, 0.6) is 5.75 Å². The third kappa shape index (κ3) is 3.75. The van der Waals surface area contributed by atoms with E-state index >= 15 is 0 Å². The molecule has 3 heteroatoms. The molecule has 1 N–H and O–H groups in total. The van der Waals surface area contributed by atoms with Crippen molar-refractivity contribution in [2.24, 2.45) is 0 Å². The Kier molecular flexibility index (Phi) is 4.75. The lowest BCUT2D eigenvalue weighted by Gasteiger charge is -2.18. The predicted octanol–water partition coefficient (Wildman–Crippen LogP) is 2.75. The molecule has 0 amide bonds. The van der Waals surface area contributed by atoms with Gasteiger partial charge in [-0.25, -0.2) is 0 Å². The molecule has 0 heterocycles. The lowest BCUT2D eigenvalue weighted by molar-refractivity contribution is 0.408. The van der Waals surface area contributed by atoms with Gasteiger partial charge < -0.3 is 4.74 Å². The van der Waals surface area contributed by atoms with E-state index in [4.69, 9.17) is 10.00 Å². The first-order valence-corrected chi connectivity index (χ1v) is 6.20. The summed E-state index contributed by atoms with van der Waals surface area (Å²) in [4.78, 5) is 0. The van der Waals surface area contributed by atoms with Gasteiger partial charge in [-0.3, -0.25) is 5.32 Å². The fourth-order valence-electron chi connectivity index (χ4n) is 2.07. The third-order valence-corrected chi connectivity index (χ3v) is 2.98. The molecule has 0 aliphatic rings. The number of nitriles is 1. The topological polar surface area (TPSA) is 45.0 Å². The highest BCUT2D eigenvalue weighted by Crippen LogP contribution is 2.24. The van der Waals surface area contributed by atoms with Gasteiger partial charge in [0.15, 0.2) is 0 Å². The van der Waals surface area contributed by atoms with Crippen LogP contribution in [0.1, 0.15) is 30.5 Å². The standard InChI is InChI=1S/C15H22N2O/c1-11-8-13(9-12(2)14(11)18-5)6-7-17-15(3,4)10-16/h8-9,17H,6-7H2,1-5H3. The van der Waals surface area contributed by atoms with Crippen LogP contribution >= 0.6 is 0 Å². The SMILES string of the molecule is COc1c(C)cc(CCNC(C)(C)C#N)cc1C. The predicted molar refractivity (Wildman–Crippen MR) is 73.9 cm³/mol. The first-order valence-electron chi connectivity index (χ1n) is 6.20. The lowest BCUT2D eigenvalue weighted by atomic mass is 10.0. The van der Waals surface area contributed by atoms with E-state index in [0.717, 1.165) is 29.8 Å². The molecule has 0 fully saturated rings. The molecule has 18 heavy (non-hydrogen) atoms. The van der Waals surface area contributed by atoms with Crippen LogP contribution in [0.25, 0.3) is 0 Å². The van der Waals surface area contributed by atoms with Crippen LogP contribution in [0.15, 0.2) is 12.1 Å². The molecule has 0 radical (unpaired) electrons. The Bertz CT molecular complexity index is 435. The van der Waals surface area contributed by atoms with Gasteiger partial charge >= 0.3 is 0 Å². The van der Waals surface area contributed by atoms with Gasteiger partial charge in [-0.15, -0.1) is 0 Å². The maximum absolute atomic E-state index is 8.92. The summed E-state index contributed by atoms with van der Waals surface area (Å²) in [5.74, 6) is 0.962. The fraction of sp³-hybridized carbons (Fsp3) is 0.533. The second-order valence-corrected chi connectivity index (χ2v) is 5.18. The van der Waals surface area contributed by atoms with E-state index in [1.54, 1.807) is 7.11 Å². The quantitative estimate of drug-likeness (QED) is 0.869. The average molecular weight is 246 g/mol. The largest absolute Gasteiger partial charge is 0.496 e. The Labute approximate surface area is 110 Å². The number of ether oxygens (including phenoxy) is 1. The fourth-order valence-corrected chi connectivity index (χ4v) is 2.07. The third-order valence-electron chi connectivity index (χ3n) is 2.98. The van der Waals surface area contributed by atoms with Crippen molar-refractivity contribution in [3.63, 3.8) is 0 Å². The minimum atomic E-state index is -0.462. The number of nitrogens with one attached hydrogen (secondary N) is 1. The van der Waals surface area contributed by atoms with Gasteiger partial charge in [0.1, 0.15) is 11.3 Å². The normalized spacial score (nSPS) is 11.1. The highest BCUT2D eigenvalue weighted by atomic mass is 16.5. The summed E-state index contributed by atoms with van der Waals surface area (Å²) in [6, 6.07) is 6.53. The van der Waals surface area contributed by atoms with Crippen LogP contribution in [0.3, 0.4) is 0 Å². The van der Waals surface area contributed by atoms with Gasteiger partial charge in [-0.2, -0.15) is 5.26 Å². The van der Waals surface area contributed by atoms with Crippen LogP contribution in [-0.2, 0) is 6.42 Å². The molecule has 0 spiro atoms. The van der Waals surface area contributed by atoms with E-state index in [-0.39, 0.29) is 0 Å². The number of hydrogen-bond acceptors (Lipinski definition) is 3. The Hall–Kier alpha value is -1.53. The first kappa shape index (κ1) is 14.5. The summed E-state index contributed by atoms with van der Waals surface area (Å²) in [5, 5.41) is 12.2. The molecule has 0 bridgehead atoms. The number of nitrogens with zero attached hydrogens (tertiary/aromatic N) is 1. The lowest BCUT2D eigenvalue weighted by Crippen LogP contribution is -2.38. The molecule has 0 unspecified atom stereocenters. The highest BCUT2D eigenvalue weighted by molar-refractivity contribution is 5.43. The molecular formula is C15H22N2O. The van der Waals surface area contributed by atoms with Crippen molar-refractivity contribution in [3.05, 3.63) is 28.8 Å². The second kappa shape index (κ2) is 5.88. The van der Waals surface area contributed by atoms with Crippen LogP contribution < -0.4 is 10.1 Å². The Balaban J connectivity index is 2.68. The van der Waals surface area contributed by atoms with E-state index in [1.165, 1.54) is 5.56 Å². The Morgan fingerprint density at radius 1 is 1.28 bits per heavy atom. The molecular weight excluding hydrogens is 224 g/mol. The van der Waals surface area contributed by atoms with Gasteiger partial charge in [0.25, 0.3) is 0 Å². The van der Waals surface area contributed by atoms with Crippen molar-refractivity contribution in [1.29, 1.82) is 5.26 Å². The van der Waals surface area contributed by atoms with Gasteiger partial charge in [-0.1, -0.05) is 12.1 Å². The minimum absolute atomic E-state index is 0.462. The van der Waals surface area contributed by atoms with Crippen molar-refractivity contribution >= 4 is 0 Å². The van der Waals surface area contributed by atoms with Crippen molar-refractivity contribution in [2.45, 2.75) is 39.7 Å². The number of hydrogen-bond donors (Lipinski definition) is 1. The van der Waals surface area contributed by atoms with E-state index in [1.807, 2.05) is 13.8 Å². The summed E-state index contributed by atoms with van der Waals surface area (Å²) in [7, 11) is 1.70. The zero-order chi connectivity index (χ0) is 13.8. The molecule has 1 aromatic rings. The number of aryl methyl sites for hydroxylation is 2. The zero-order valence-corrected chi connectivity index (χ0v) is 11.9. The van der Waals surface area contributed by atoms with Gasteiger partial charge in [0.05, 0.1) is 13.2 Å². The van der Waals surface area contributed by atoms with E-state index in [0.29, 0.717) is 0 Å². The molecule has 0 atom stereocenters. The number of benzene rings is 1. The van der Waals surface area contributed by atoms with Crippen LogP contribution in [0.2, 0.25) is 0 Å². The maximum atomic E-state index is 8.92. The summed E-state index contributed by atoms with van der Waals surface area (Å²) >= 11 is 0. The smallest absolute Gasteiger partial charge is 0.124 e. The van der Waals surface area contributed by atoms with Crippen LogP contribution in [0, 0.1) is 25.2 Å². The molecule has 0 saturated carbocycles. The Morgan fingerprint density at radius 3 is 2.28 bits per heavy atom. The average Bonchev–Trinajstić information content (AvgIpc) is 2.28. The molecule has 1 aromatic carbocycles. The van der Waals surface area contributed by atoms with Gasteiger partial charge in [0, 0.05) is 6.54 Å². The summed E-state index contributed by atoms with van der Waals surface area (Å²) in [6.45, 7) is 8.69. The monoisotopic (exact) mass is 246 g/mol. The zero-order valence-electron chi connectivity index (χ0n) is 11.9. The Morgan fingerprint density at radius 2 is 1.83 bits per heavy atom. The molecule has 0 aromatic heterocycles. The molecule has 1 rings (SSSR count). The van der Waals surface area contributed by atoms with Crippen molar-refractivity contribution < 1.29 is 4.74 Å². The molecule has 0 aliphatic carbocycles. The van der Waals surface area contributed by atoms with Gasteiger partial charge in [0.2, 0.25) is 0 Å². The highest BCUT2D eigenvalue weighted by Gasteiger charge is 2.14. The van der Waals surface area contributed by atoms with E-state index in [9.17, 15) is 0 Å². The van der Waals surface area contributed by atoms with Gasteiger partial charge in [-0.05, 0) is 50.8 Å². The minimum Gasteiger partial charge on any atom is -0.496 e. The molecule has 3 nitrogen and oxygen atoms in total. The molecule has 98 valence electrons. The molecule has 0 aliphatic heterocycles. The maximum Gasteiger partial charge on any atom is 0.124 e. The van der Waals surface area contributed by atoms with E-state index in [2.05, 4.69) is 37.4 Å². The number of rotatable bonds is 5. The van der Waals surface area contributed by atoms with E-state index < -0.39 is 5.54 Å². The molecule has 0 saturated heterocycles. The van der Waals surface area contributed by atoms with Crippen molar-refractivity contribution in [3.8, 4) is 11.8 Å². The second-order valence-electron chi connectivity index (χ2n) is 5.18. The summed E-state index contributed by atoms with van der Waals surface area (Å²) in [6.07, 6.45) is 0.913. The summed E-state index contributed by atoms with van der Waals surface area (Å²) in [5.41, 5.74) is 3.13. The van der Waals surface area contributed by atoms with Crippen molar-refractivity contribution in [2.75, 3.05) is 13.7 Å². The first-order chi connectivity index (χ1) is 8.39. The van der Waals surface area contributed by atoms with Crippen molar-refractivity contribution in [1.82, 2.24) is 5.32 Å². The van der Waals surface area contributed by atoms with Crippen LogP contribution in [0.4, 0.5) is 0 Å². The number of methoxy groups -OCH3 is 1. The summed E-state index contributed by atoms with van der Waals surface area (Å²) < 4.78 is 5.35.